The minimum Gasteiger partial charge on any atom is -0.501 e. The number of ether oxygens (including phenoxy) is 1. The molecule has 0 aliphatic carbocycles. The molecular formula is C14H17BrClNO. The van der Waals surface area contributed by atoms with Gasteiger partial charge in [0.25, 0.3) is 0 Å². The molecule has 2 rings (SSSR count). The van der Waals surface area contributed by atoms with E-state index in [4.69, 9.17) is 16.3 Å². The van der Waals surface area contributed by atoms with Gasteiger partial charge in [0.05, 0.1) is 18.9 Å². The summed E-state index contributed by atoms with van der Waals surface area (Å²) in [7, 11) is 0. The van der Waals surface area contributed by atoms with E-state index < -0.39 is 0 Å². The summed E-state index contributed by atoms with van der Waals surface area (Å²) in [6.45, 7) is 3.83. The second-order valence-electron chi connectivity index (χ2n) is 4.32. The molecule has 1 unspecified atom stereocenters. The van der Waals surface area contributed by atoms with Crippen molar-refractivity contribution in [2.45, 2.75) is 25.8 Å². The van der Waals surface area contributed by atoms with Gasteiger partial charge in [0.1, 0.15) is 0 Å². The molecule has 1 aliphatic rings. The lowest BCUT2D eigenvalue weighted by Crippen LogP contribution is -2.24. The topological polar surface area (TPSA) is 21.3 Å². The fourth-order valence-electron chi connectivity index (χ4n) is 2.18. The van der Waals surface area contributed by atoms with Crippen molar-refractivity contribution in [1.29, 1.82) is 0 Å². The summed E-state index contributed by atoms with van der Waals surface area (Å²) in [4.78, 5) is 0. The molecule has 18 heavy (non-hydrogen) atoms. The first-order chi connectivity index (χ1) is 8.72. The fraction of sp³-hybridized carbons (Fsp3) is 0.429. The van der Waals surface area contributed by atoms with Crippen molar-refractivity contribution in [3.63, 3.8) is 0 Å². The molecule has 1 heterocycles. The lowest BCUT2D eigenvalue weighted by molar-refractivity contribution is 0.219. The highest BCUT2D eigenvalue weighted by Gasteiger charge is 2.20. The average molecular weight is 331 g/mol. The molecule has 1 N–H and O–H groups in total. The van der Waals surface area contributed by atoms with Crippen LogP contribution in [0.5, 0.6) is 0 Å². The largest absolute Gasteiger partial charge is 0.501 e. The lowest BCUT2D eigenvalue weighted by Gasteiger charge is -2.25. The van der Waals surface area contributed by atoms with E-state index in [0.717, 1.165) is 35.5 Å². The Hall–Kier alpha value is -0.510. The van der Waals surface area contributed by atoms with Gasteiger partial charge >= 0.3 is 0 Å². The van der Waals surface area contributed by atoms with E-state index in [1.807, 2.05) is 24.5 Å². The summed E-state index contributed by atoms with van der Waals surface area (Å²) >= 11 is 9.70. The van der Waals surface area contributed by atoms with Crippen LogP contribution in [0, 0.1) is 0 Å². The highest BCUT2D eigenvalue weighted by molar-refractivity contribution is 9.10. The Morgan fingerprint density at radius 3 is 3.00 bits per heavy atom. The van der Waals surface area contributed by atoms with Crippen molar-refractivity contribution in [2.75, 3.05) is 13.2 Å². The van der Waals surface area contributed by atoms with E-state index in [1.54, 1.807) is 0 Å². The molecule has 0 amide bonds. The zero-order chi connectivity index (χ0) is 13.0. The molecule has 1 aliphatic heterocycles. The van der Waals surface area contributed by atoms with Crippen LogP contribution in [0.1, 0.15) is 31.4 Å². The number of hydrogen-bond donors (Lipinski definition) is 1. The smallest absolute Gasteiger partial charge is 0.0876 e. The predicted molar refractivity (Wildman–Crippen MR) is 78.8 cm³/mol. The number of nitrogens with one attached hydrogen (secondary N) is 1. The van der Waals surface area contributed by atoms with Gasteiger partial charge in [0, 0.05) is 9.50 Å². The quantitative estimate of drug-likeness (QED) is 0.881. The Labute approximate surface area is 121 Å². The van der Waals surface area contributed by atoms with Crippen LogP contribution < -0.4 is 5.32 Å². The molecule has 0 spiro atoms. The Morgan fingerprint density at radius 2 is 2.33 bits per heavy atom. The van der Waals surface area contributed by atoms with E-state index in [1.165, 1.54) is 11.1 Å². The summed E-state index contributed by atoms with van der Waals surface area (Å²) in [5, 5.41) is 4.26. The van der Waals surface area contributed by atoms with Crippen molar-refractivity contribution in [3.05, 3.63) is 45.1 Å². The van der Waals surface area contributed by atoms with Crippen LogP contribution >= 0.6 is 27.5 Å². The van der Waals surface area contributed by atoms with Gasteiger partial charge in [0.2, 0.25) is 0 Å². The molecule has 1 aromatic carbocycles. The normalized spacial score (nSPS) is 16.9. The molecule has 0 saturated heterocycles. The average Bonchev–Trinajstić information content (AvgIpc) is 2.40. The Balaban J connectivity index is 2.34. The summed E-state index contributed by atoms with van der Waals surface area (Å²) in [5.74, 6) is 0. The molecular weight excluding hydrogens is 314 g/mol. The van der Waals surface area contributed by atoms with Crippen LogP contribution in [-0.2, 0) is 4.74 Å². The van der Waals surface area contributed by atoms with Gasteiger partial charge in [-0.3, -0.25) is 0 Å². The van der Waals surface area contributed by atoms with Crippen LogP contribution in [-0.4, -0.2) is 13.2 Å². The molecule has 0 saturated carbocycles. The first-order valence-corrected chi connectivity index (χ1v) is 7.38. The maximum absolute atomic E-state index is 6.10. The second-order valence-corrected chi connectivity index (χ2v) is 5.61. The molecule has 2 nitrogen and oxygen atoms in total. The first kappa shape index (κ1) is 13.9. The first-order valence-electron chi connectivity index (χ1n) is 6.21. The van der Waals surface area contributed by atoms with Crippen LogP contribution in [0.15, 0.2) is 34.5 Å². The summed E-state index contributed by atoms with van der Waals surface area (Å²) in [5.41, 5.74) is 2.45. The van der Waals surface area contributed by atoms with E-state index in [0.29, 0.717) is 0 Å². The molecule has 4 heteroatoms. The monoisotopic (exact) mass is 329 g/mol. The number of halogens is 2. The van der Waals surface area contributed by atoms with E-state index in [-0.39, 0.29) is 6.04 Å². The fourth-order valence-corrected chi connectivity index (χ4v) is 2.83. The minimum atomic E-state index is 0.170. The van der Waals surface area contributed by atoms with Crippen LogP contribution in [0.3, 0.4) is 0 Å². The molecule has 0 bridgehead atoms. The molecule has 0 radical (unpaired) electrons. The molecule has 0 fully saturated rings. The van der Waals surface area contributed by atoms with Crippen molar-refractivity contribution in [1.82, 2.24) is 5.32 Å². The standard InChI is InChI=1S/C14H17BrClNO/c1-2-17-14(10-4-3-7-18-9-10)12-8-11(16)5-6-13(12)15/h5-6,8-9,14,17H,2-4,7H2,1H3. The Kier molecular flexibility index (Phi) is 5.10. The Morgan fingerprint density at radius 1 is 1.50 bits per heavy atom. The third-order valence-electron chi connectivity index (χ3n) is 3.01. The van der Waals surface area contributed by atoms with Gasteiger partial charge in [-0.2, -0.15) is 0 Å². The van der Waals surface area contributed by atoms with E-state index in [2.05, 4.69) is 28.2 Å². The van der Waals surface area contributed by atoms with Crippen LogP contribution in [0.4, 0.5) is 0 Å². The number of hydrogen-bond acceptors (Lipinski definition) is 2. The van der Waals surface area contributed by atoms with E-state index in [9.17, 15) is 0 Å². The maximum atomic E-state index is 6.10. The number of benzene rings is 1. The summed E-state index contributed by atoms with van der Waals surface area (Å²) in [6.07, 6.45) is 4.03. The number of likely N-dealkylation sites (N-methyl/N-ethyl adjacent to an activating group) is 1. The molecule has 0 aromatic heterocycles. The van der Waals surface area contributed by atoms with Gasteiger partial charge in [-0.1, -0.05) is 34.5 Å². The Bertz CT molecular complexity index is 447. The van der Waals surface area contributed by atoms with E-state index >= 15 is 0 Å². The summed E-state index contributed by atoms with van der Waals surface area (Å²) in [6, 6.07) is 6.06. The molecule has 1 aromatic rings. The highest BCUT2D eigenvalue weighted by Crippen LogP contribution is 2.33. The predicted octanol–water partition coefficient (Wildman–Crippen LogP) is 4.45. The van der Waals surface area contributed by atoms with Crippen LogP contribution in [0.25, 0.3) is 0 Å². The summed E-state index contributed by atoms with van der Waals surface area (Å²) < 4.78 is 6.52. The molecule has 1 atom stereocenters. The SMILES string of the molecule is CCNC(C1=COCCC1)c1cc(Cl)ccc1Br. The van der Waals surface area contributed by atoms with Gasteiger partial charge in [-0.05, 0) is 48.7 Å². The van der Waals surface area contributed by atoms with Crippen LogP contribution in [0.2, 0.25) is 5.02 Å². The van der Waals surface area contributed by atoms with Gasteiger partial charge in [-0.15, -0.1) is 0 Å². The van der Waals surface area contributed by atoms with Gasteiger partial charge in [-0.25, -0.2) is 0 Å². The maximum Gasteiger partial charge on any atom is 0.0876 e. The third kappa shape index (κ3) is 3.28. The van der Waals surface area contributed by atoms with Crippen molar-refractivity contribution in [3.8, 4) is 0 Å². The highest BCUT2D eigenvalue weighted by atomic mass is 79.9. The van der Waals surface area contributed by atoms with Crippen molar-refractivity contribution in [2.24, 2.45) is 0 Å². The zero-order valence-corrected chi connectivity index (χ0v) is 12.7. The zero-order valence-electron chi connectivity index (χ0n) is 10.4. The van der Waals surface area contributed by atoms with Crippen molar-refractivity contribution < 1.29 is 4.74 Å². The van der Waals surface area contributed by atoms with Gasteiger partial charge < -0.3 is 10.1 Å². The van der Waals surface area contributed by atoms with Gasteiger partial charge in [0.15, 0.2) is 0 Å². The lowest BCUT2D eigenvalue weighted by atomic mass is 9.95. The number of rotatable bonds is 4. The molecule has 98 valence electrons. The second kappa shape index (κ2) is 6.60. The minimum absolute atomic E-state index is 0.170. The van der Waals surface area contributed by atoms with Crippen molar-refractivity contribution >= 4 is 27.5 Å². The third-order valence-corrected chi connectivity index (χ3v) is 3.97.